The van der Waals surface area contributed by atoms with Gasteiger partial charge in [0, 0.05) is 36.3 Å². The minimum atomic E-state index is -3.28. The molecule has 0 aliphatic heterocycles. The van der Waals surface area contributed by atoms with Gasteiger partial charge < -0.3 is 4.57 Å². The predicted molar refractivity (Wildman–Crippen MR) is 127 cm³/mol. The van der Waals surface area contributed by atoms with E-state index in [2.05, 4.69) is 22.6 Å². The van der Waals surface area contributed by atoms with Gasteiger partial charge in [-0.05, 0) is 36.8 Å². The van der Waals surface area contributed by atoms with Gasteiger partial charge in [-0.2, -0.15) is 0 Å². The summed E-state index contributed by atoms with van der Waals surface area (Å²) < 4.78 is 25.7. The van der Waals surface area contributed by atoms with Gasteiger partial charge in [0.1, 0.15) is 16.4 Å². The molecule has 0 fully saturated rings. The van der Waals surface area contributed by atoms with E-state index in [1.807, 2.05) is 18.5 Å². The van der Waals surface area contributed by atoms with E-state index in [1.54, 1.807) is 54.6 Å². The average molecular weight is 475 g/mol. The molecule has 3 rings (SSSR count). The average Bonchev–Trinajstić information content (AvgIpc) is 3.07. The van der Waals surface area contributed by atoms with Crippen molar-refractivity contribution in [3.8, 4) is 22.8 Å². The van der Waals surface area contributed by atoms with Crippen LogP contribution in [0.1, 0.15) is 19.8 Å². The van der Waals surface area contributed by atoms with Crippen molar-refractivity contribution in [3.63, 3.8) is 0 Å². The molecular formula is C22H23ClN4O2S2. The Kier molecular flexibility index (Phi) is 7.35. The lowest BCUT2D eigenvalue weighted by Crippen LogP contribution is -1.97. The number of nitrogens with zero attached hydrogens (tertiary/aromatic N) is 4. The first-order chi connectivity index (χ1) is 14.7. The molecule has 9 heteroatoms. The van der Waals surface area contributed by atoms with Gasteiger partial charge in [-0.1, -0.05) is 48.2 Å². The van der Waals surface area contributed by atoms with Crippen molar-refractivity contribution in [1.29, 1.82) is 0 Å². The van der Waals surface area contributed by atoms with Gasteiger partial charge in [-0.15, -0.1) is 0 Å². The molecule has 3 aromatic rings. The lowest BCUT2D eigenvalue weighted by atomic mass is 10.2. The molecule has 1 aromatic carbocycles. The fourth-order valence-electron chi connectivity index (χ4n) is 2.93. The van der Waals surface area contributed by atoms with Gasteiger partial charge in [-0.3, -0.25) is 4.98 Å². The van der Waals surface area contributed by atoms with Crippen molar-refractivity contribution in [2.24, 2.45) is 7.05 Å². The molecule has 0 saturated carbocycles. The second-order valence-electron chi connectivity index (χ2n) is 6.91. The van der Waals surface area contributed by atoms with Crippen LogP contribution in [-0.2, 0) is 16.9 Å². The zero-order valence-corrected chi connectivity index (χ0v) is 19.9. The summed E-state index contributed by atoms with van der Waals surface area (Å²) in [5.74, 6) is 0.676. The Hall–Kier alpha value is -2.42. The molecule has 0 amide bonds. The fraction of sp³-hybridized carbons (Fsp3) is 0.227. The summed E-state index contributed by atoms with van der Waals surface area (Å²) >= 11 is 7.56. The van der Waals surface area contributed by atoms with Crippen LogP contribution in [0, 0.1) is 0 Å². The number of rotatable bonds is 8. The van der Waals surface area contributed by atoms with E-state index < -0.39 is 9.84 Å². The van der Waals surface area contributed by atoms with E-state index >= 15 is 0 Å². The lowest BCUT2D eigenvalue weighted by molar-refractivity contribution is 0.602. The molecule has 0 atom stereocenters. The predicted octanol–water partition coefficient (Wildman–Crippen LogP) is 5.48. The molecule has 0 saturated heterocycles. The fourth-order valence-corrected chi connectivity index (χ4v) is 4.71. The molecule has 0 aliphatic carbocycles. The number of thioether (sulfide) groups is 1. The number of aromatic nitrogens is 4. The summed E-state index contributed by atoms with van der Waals surface area (Å²) in [4.78, 5) is 14.8. The second kappa shape index (κ2) is 9.80. The van der Waals surface area contributed by atoms with E-state index in [0.717, 1.165) is 27.6 Å². The van der Waals surface area contributed by atoms with Crippen molar-refractivity contribution < 1.29 is 8.42 Å². The Labute approximate surface area is 192 Å². The Bertz CT molecular complexity index is 1220. The highest BCUT2D eigenvalue weighted by atomic mass is 35.5. The molecule has 0 spiro atoms. The minimum Gasteiger partial charge on any atom is -0.320 e. The van der Waals surface area contributed by atoms with E-state index in [0.29, 0.717) is 23.0 Å². The SMILES string of the molecule is C=C(Cl)CC/C(=C\C)Sc1c(-c2ccc(S(C)(=O)=O)cc2)nc(-c2cnccn2)n1C. The lowest BCUT2D eigenvalue weighted by Gasteiger charge is -2.10. The monoisotopic (exact) mass is 474 g/mol. The van der Waals surface area contributed by atoms with Crippen LogP contribution in [0.3, 0.4) is 0 Å². The number of allylic oxidation sites excluding steroid dienone is 3. The van der Waals surface area contributed by atoms with Crippen molar-refractivity contribution in [3.05, 3.63) is 65.4 Å². The number of halogens is 1. The van der Waals surface area contributed by atoms with Crippen molar-refractivity contribution in [1.82, 2.24) is 19.5 Å². The van der Waals surface area contributed by atoms with E-state index in [4.69, 9.17) is 16.6 Å². The largest absolute Gasteiger partial charge is 0.320 e. The molecule has 6 nitrogen and oxygen atoms in total. The molecule has 0 N–H and O–H groups in total. The highest BCUT2D eigenvalue weighted by Crippen LogP contribution is 2.39. The zero-order valence-electron chi connectivity index (χ0n) is 17.5. The third kappa shape index (κ3) is 5.64. The minimum absolute atomic E-state index is 0.269. The molecule has 162 valence electrons. The van der Waals surface area contributed by atoms with Gasteiger partial charge in [0.15, 0.2) is 15.7 Å². The Morgan fingerprint density at radius 1 is 1.23 bits per heavy atom. The summed E-state index contributed by atoms with van der Waals surface area (Å²) in [6.07, 6.45) is 9.60. The van der Waals surface area contributed by atoms with Crippen LogP contribution in [0.5, 0.6) is 0 Å². The Morgan fingerprint density at radius 3 is 2.48 bits per heavy atom. The summed E-state index contributed by atoms with van der Waals surface area (Å²) in [5, 5.41) is 1.53. The number of sulfone groups is 1. The number of hydrogen-bond donors (Lipinski definition) is 0. The van der Waals surface area contributed by atoms with Crippen LogP contribution in [0.15, 0.2) is 75.4 Å². The zero-order chi connectivity index (χ0) is 22.6. The highest BCUT2D eigenvalue weighted by molar-refractivity contribution is 8.03. The van der Waals surface area contributed by atoms with Crippen LogP contribution in [-0.4, -0.2) is 34.2 Å². The first-order valence-corrected chi connectivity index (χ1v) is 12.6. The molecule has 0 unspecified atom stereocenters. The van der Waals surface area contributed by atoms with Gasteiger partial charge >= 0.3 is 0 Å². The number of hydrogen-bond acceptors (Lipinski definition) is 6. The molecule has 2 aromatic heterocycles. The normalized spacial score (nSPS) is 12.2. The molecule has 31 heavy (non-hydrogen) atoms. The van der Waals surface area contributed by atoms with Crippen LogP contribution in [0.2, 0.25) is 0 Å². The quantitative estimate of drug-likeness (QED) is 0.402. The summed E-state index contributed by atoms with van der Waals surface area (Å²) in [6, 6.07) is 6.76. The first-order valence-electron chi connectivity index (χ1n) is 9.50. The van der Waals surface area contributed by atoms with Crippen LogP contribution >= 0.6 is 23.4 Å². The van der Waals surface area contributed by atoms with Gasteiger partial charge in [0.05, 0.1) is 11.1 Å². The van der Waals surface area contributed by atoms with E-state index in [1.165, 1.54) is 6.26 Å². The first kappa shape index (κ1) is 23.2. The van der Waals surface area contributed by atoms with Crippen molar-refractivity contribution in [2.45, 2.75) is 29.7 Å². The smallest absolute Gasteiger partial charge is 0.175 e. The second-order valence-corrected chi connectivity index (χ2v) is 10.6. The van der Waals surface area contributed by atoms with Crippen LogP contribution in [0.25, 0.3) is 22.8 Å². The highest BCUT2D eigenvalue weighted by Gasteiger charge is 2.20. The van der Waals surface area contributed by atoms with Crippen LogP contribution in [0.4, 0.5) is 0 Å². The number of imidazole rings is 1. The summed E-state index contributed by atoms with van der Waals surface area (Å²) in [5.41, 5.74) is 2.22. The van der Waals surface area contributed by atoms with E-state index in [9.17, 15) is 8.42 Å². The number of benzene rings is 1. The standard InChI is InChI=1S/C22H23ClN4O2S2/c1-5-17(9-6-15(2)23)30-22-20(16-7-10-18(11-8-16)31(4,28)29)26-21(27(22)3)19-14-24-12-13-25-19/h5,7-8,10-14H,2,6,9H2,1,3-4H3/b17-5+. The van der Waals surface area contributed by atoms with Gasteiger partial charge in [0.25, 0.3) is 0 Å². The van der Waals surface area contributed by atoms with Crippen LogP contribution < -0.4 is 0 Å². The van der Waals surface area contributed by atoms with Crippen molar-refractivity contribution in [2.75, 3.05) is 6.26 Å². The van der Waals surface area contributed by atoms with E-state index in [-0.39, 0.29) is 4.90 Å². The summed E-state index contributed by atoms with van der Waals surface area (Å²) in [7, 11) is -1.34. The molecule has 0 bridgehead atoms. The van der Waals surface area contributed by atoms with Gasteiger partial charge in [-0.25, -0.2) is 18.4 Å². The molecule has 0 radical (unpaired) electrons. The third-order valence-corrected chi connectivity index (χ3v) is 7.26. The molecule has 0 aliphatic rings. The Balaban J connectivity index is 2.09. The topological polar surface area (TPSA) is 77.7 Å². The maximum atomic E-state index is 11.8. The summed E-state index contributed by atoms with van der Waals surface area (Å²) in [6.45, 7) is 5.76. The maximum Gasteiger partial charge on any atom is 0.175 e. The van der Waals surface area contributed by atoms with Gasteiger partial charge in [0.2, 0.25) is 0 Å². The third-order valence-electron chi connectivity index (χ3n) is 4.58. The Morgan fingerprint density at radius 2 is 1.94 bits per heavy atom. The van der Waals surface area contributed by atoms with Crippen molar-refractivity contribution >= 4 is 33.2 Å². The molecular weight excluding hydrogens is 452 g/mol. The molecule has 2 heterocycles. The maximum absolute atomic E-state index is 11.8.